The number of nitrogens with one attached hydrogen (secondary N) is 1. The van der Waals surface area contributed by atoms with Crippen molar-refractivity contribution in [1.82, 2.24) is 14.5 Å². The van der Waals surface area contributed by atoms with Crippen LogP contribution in [-0.2, 0) is 20.9 Å². The maximum absolute atomic E-state index is 12.4. The highest BCUT2D eigenvalue weighted by Gasteiger charge is 2.33. The number of rotatable bonds is 3. The molecule has 3 rings (SSSR count). The van der Waals surface area contributed by atoms with Gasteiger partial charge < -0.3 is 19.7 Å². The summed E-state index contributed by atoms with van der Waals surface area (Å²) in [7, 11) is 0. The van der Waals surface area contributed by atoms with E-state index in [9.17, 15) is 14.4 Å². The number of para-hydroxylation sites is 2. The van der Waals surface area contributed by atoms with Crippen molar-refractivity contribution in [3.05, 3.63) is 34.7 Å². The van der Waals surface area contributed by atoms with Crippen molar-refractivity contribution in [2.45, 2.75) is 12.6 Å². The van der Waals surface area contributed by atoms with Crippen LogP contribution in [0, 0.1) is 0 Å². The van der Waals surface area contributed by atoms with E-state index in [-0.39, 0.29) is 26.3 Å². The van der Waals surface area contributed by atoms with Gasteiger partial charge >= 0.3 is 11.7 Å². The number of fused-ring (bicyclic) bond motifs is 1. The third kappa shape index (κ3) is 2.48. The van der Waals surface area contributed by atoms with Gasteiger partial charge in [0.15, 0.2) is 6.04 Å². The topological polar surface area (TPSA) is 105 Å². The molecule has 0 radical (unpaired) electrons. The maximum atomic E-state index is 12.4. The number of carbonyl (C=O) groups excluding carboxylic acids is 1. The number of imidazole rings is 1. The Morgan fingerprint density at radius 3 is 2.91 bits per heavy atom. The molecule has 0 bridgehead atoms. The Balaban J connectivity index is 1.88. The first-order chi connectivity index (χ1) is 10.6. The van der Waals surface area contributed by atoms with Crippen LogP contribution in [0.4, 0.5) is 0 Å². The van der Waals surface area contributed by atoms with Crippen LogP contribution in [-0.4, -0.2) is 57.2 Å². The molecule has 1 aliphatic heterocycles. The number of aliphatic carboxylic acids is 1. The molecule has 1 atom stereocenters. The lowest BCUT2D eigenvalue weighted by atomic mass is 10.2. The molecule has 0 unspecified atom stereocenters. The fourth-order valence-electron chi connectivity index (χ4n) is 2.60. The summed E-state index contributed by atoms with van der Waals surface area (Å²) in [5.74, 6) is -1.53. The van der Waals surface area contributed by atoms with E-state index in [0.29, 0.717) is 11.0 Å². The number of H-pyrrole nitrogens is 1. The predicted octanol–water partition coefficient (Wildman–Crippen LogP) is -0.358. The Morgan fingerprint density at radius 1 is 1.36 bits per heavy atom. The molecule has 1 amide bonds. The standard InChI is InChI=1S/C14H15N3O5/c18-12(16-5-6-22-8-11(16)13(19)20)7-17-10-4-2-1-3-9(10)15-14(17)21/h1-4,11H,5-8H2,(H,15,21)(H,19,20)/t11-/m1/s1. The Hall–Kier alpha value is -2.61. The molecule has 2 heterocycles. The van der Waals surface area contributed by atoms with Crippen LogP contribution in [0.2, 0.25) is 0 Å². The van der Waals surface area contributed by atoms with Gasteiger partial charge in [0.25, 0.3) is 0 Å². The molecular formula is C14H15N3O5. The van der Waals surface area contributed by atoms with E-state index < -0.39 is 23.6 Å². The van der Waals surface area contributed by atoms with Crippen molar-refractivity contribution in [1.29, 1.82) is 0 Å². The van der Waals surface area contributed by atoms with Gasteiger partial charge in [0.05, 0.1) is 24.2 Å². The van der Waals surface area contributed by atoms with Gasteiger partial charge in [-0.05, 0) is 12.1 Å². The summed E-state index contributed by atoms with van der Waals surface area (Å²) in [6, 6.07) is 6.02. The monoisotopic (exact) mass is 305 g/mol. The number of nitrogens with zero attached hydrogens (tertiary/aromatic N) is 2. The van der Waals surface area contributed by atoms with E-state index in [1.54, 1.807) is 24.3 Å². The molecule has 0 saturated carbocycles. The van der Waals surface area contributed by atoms with Crippen LogP contribution < -0.4 is 5.69 Å². The first kappa shape index (κ1) is 14.3. The van der Waals surface area contributed by atoms with Crippen molar-refractivity contribution in [3.8, 4) is 0 Å². The maximum Gasteiger partial charge on any atom is 0.328 e. The zero-order valence-electron chi connectivity index (χ0n) is 11.7. The fraction of sp³-hybridized carbons (Fsp3) is 0.357. The summed E-state index contributed by atoms with van der Waals surface area (Å²) in [4.78, 5) is 39.5. The minimum absolute atomic E-state index is 0.0378. The second-order valence-electron chi connectivity index (χ2n) is 5.05. The van der Waals surface area contributed by atoms with E-state index in [1.807, 2.05) is 0 Å². The number of aromatic amines is 1. The van der Waals surface area contributed by atoms with Crippen LogP contribution in [0.1, 0.15) is 0 Å². The van der Waals surface area contributed by atoms with Crippen LogP contribution >= 0.6 is 0 Å². The average molecular weight is 305 g/mol. The van der Waals surface area contributed by atoms with Gasteiger partial charge in [0.2, 0.25) is 5.91 Å². The molecule has 8 nitrogen and oxygen atoms in total. The fourth-order valence-corrected chi connectivity index (χ4v) is 2.60. The number of hydrogen-bond acceptors (Lipinski definition) is 4. The second-order valence-corrected chi connectivity index (χ2v) is 5.05. The van der Waals surface area contributed by atoms with Crippen molar-refractivity contribution < 1.29 is 19.4 Å². The SMILES string of the molecule is O=C(O)[C@H]1COCCN1C(=O)Cn1c(=O)[nH]c2ccccc21. The molecule has 2 aromatic rings. The summed E-state index contributed by atoms with van der Waals surface area (Å²) in [5, 5.41) is 9.16. The van der Waals surface area contributed by atoms with Gasteiger partial charge in [-0.2, -0.15) is 0 Å². The normalized spacial score (nSPS) is 18.5. The van der Waals surface area contributed by atoms with Crippen molar-refractivity contribution in [3.63, 3.8) is 0 Å². The van der Waals surface area contributed by atoms with Gasteiger partial charge in [-0.25, -0.2) is 9.59 Å². The first-order valence-electron chi connectivity index (χ1n) is 6.85. The highest BCUT2D eigenvalue weighted by molar-refractivity contribution is 5.85. The van der Waals surface area contributed by atoms with Gasteiger partial charge in [-0.3, -0.25) is 9.36 Å². The van der Waals surface area contributed by atoms with Crippen molar-refractivity contribution >= 4 is 22.9 Å². The van der Waals surface area contributed by atoms with E-state index in [0.717, 1.165) is 0 Å². The molecule has 0 spiro atoms. The van der Waals surface area contributed by atoms with Gasteiger partial charge in [0.1, 0.15) is 6.54 Å². The molecule has 116 valence electrons. The number of morpholine rings is 1. The highest BCUT2D eigenvalue weighted by atomic mass is 16.5. The number of ether oxygens (including phenoxy) is 1. The summed E-state index contributed by atoms with van der Waals surface area (Å²) in [6.45, 7) is 0.252. The van der Waals surface area contributed by atoms with Gasteiger partial charge in [-0.1, -0.05) is 12.1 Å². The van der Waals surface area contributed by atoms with Crippen LogP contribution in [0.25, 0.3) is 11.0 Å². The van der Waals surface area contributed by atoms with Gasteiger partial charge in [-0.15, -0.1) is 0 Å². The van der Waals surface area contributed by atoms with Gasteiger partial charge in [0, 0.05) is 6.54 Å². The molecule has 0 aliphatic carbocycles. The molecule has 2 N–H and O–H groups in total. The zero-order chi connectivity index (χ0) is 15.7. The minimum Gasteiger partial charge on any atom is -0.480 e. The molecule has 1 saturated heterocycles. The van der Waals surface area contributed by atoms with Crippen LogP contribution in [0.3, 0.4) is 0 Å². The van der Waals surface area contributed by atoms with Crippen LogP contribution in [0.5, 0.6) is 0 Å². The number of carboxylic acid groups (broad SMARTS) is 1. The molecule has 22 heavy (non-hydrogen) atoms. The summed E-state index contributed by atoms with van der Waals surface area (Å²) >= 11 is 0. The lowest BCUT2D eigenvalue weighted by molar-refractivity contribution is -0.158. The third-order valence-corrected chi connectivity index (χ3v) is 3.71. The molecule has 1 aromatic heterocycles. The Bertz CT molecular complexity index is 778. The number of benzene rings is 1. The number of carboxylic acids is 1. The van der Waals surface area contributed by atoms with Crippen LogP contribution in [0.15, 0.2) is 29.1 Å². The number of aromatic nitrogens is 2. The lowest BCUT2D eigenvalue weighted by Crippen LogP contribution is -2.53. The quantitative estimate of drug-likeness (QED) is 0.806. The molecular weight excluding hydrogens is 290 g/mol. The zero-order valence-corrected chi connectivity index (χ0v) is 11.7. The molecule has 1 aliphatic rings. The first-order valence-corrected chi connectivity index (χ1v) is 6.85. The summed E-state index contributed by atoms with van der Waals surface area (Å²) in [5.41, 5.74) is 0.854. The Morgan fingerprint density at radius 2 is 2.14 bits per heavy atom. The van der Waals surface area contributed by atoms with E-state index in [1.165, 1.54) is 9.47 Å². The van der Waals surface area contributed by atoms with Crippen molar-refractivity contribution in [2.24, 2.45) is 0 Å². The second kappa shape index (κ2) is 5.64. The predicted molar refractivity (Wildman–Crippen MR) is 76.5 cm³/mol. The minimum atomic E-state index is -1.11. The summed E-state index contributed by atoms with van der Waals surface area (Å²) < 4.78 is 6.42. The van der Waals surface area contributed by atoms with E-state index >= 15 is 0 Å². The lowest BCUT2D eigenvalue weighted by Gasteiger charge is -2.32. The smallest absolute Gasteiger partial charge is 0.328 e. The van der Waals surface area contributed by atoms with E-state index in [4.69, 9.17) is 9.84 Å². The Kier molecular flexibility index (Phi) is 3.68. The highest BCUT2D eigenvalue weighted by Crippen LogP contribution is 2.12. The number of amides is 1. The summed E-state index contributed by atoms with van der Waals surface area (Å²) in [6.07, 6.45) is 0. The molecule has 8 heteroatoms. The number of carbonyl (C=O) groups is 2. The van der Waals surface area contributed by atoms with Crippen molar-refractivity contribution in [2.75, 3.05) is 19.8 Å². The average Bonchev–Trinajstić information content (AvgIpc) is 2.83. The van der Waals surface area contributed by atoms with E-state index in [2.05, 4.69) is 4.98 Å². The molecule has 1 fully saturated rings. The number of hydrogen-bond donors (Lipinski definition) is 2. The third-order valence-electron chi connectivity index (χ3n) is 3.71. The largest absolute Gasteiger partial charge is 0.480 e. The molecule has 1 aromatic carbocycles. The Labute approximate surface area is 124 Å².